The number of esters is 1. The van der Waals surface area contributed by atoms with Crippen LogP contribution in [0.5, 0.6) is 0 Å². The molecule has 1 atom stereocenters. The first-order valence-corrected chi connectivity index (χ1v) is 8.46. The normalized spacial score (nSPS) is 13.3. The molecular formula is C16H14F3NO4S. The summed E-state index contributed by atoms with van der Waals surface area (Å²) in [6.07, 6.45) is -4.69. The van der Waals surface area contributed by atoms with E-state index >= 15 is 0 Å². The van der Waals surface area contributed by atoms with Gasteiger partial charge in [0.1, 0.15) is 6.04 Å². The Kier molecular flexibility index (Phi) is 5.48. The van der Waals surface area contributed by atoms with Crippen molar-refractivity contribution in [2.45, 2.75) is 17.1 Å². The van der Waals surface area contributed by atoms with Gasteiger partial charge in [0, 0.05) is 0 Å². The fourth-order valence-corrected chi connectivity index (χ4v) is 3.30. The molecule has 0 saturated heterocycles. The maximum absolute atomic E-state index is 12.8. The first-order valence-electron chi connectivity index (χ1n) is 6.97. The van der Waals surface area contributed by atoms with Crippen molar-refractivity contribution < 1.29 is 31.1 Å². The molecule has 0 spiro atoms. The SMILES string of the molecule is COC(=O)C(NS(=O)(=O)c1cccc(C(F)(F)F)c1)c1ccccc1. The van der Waals surface area contributed by atoms with Crippen LogP contribution in [0, 0.1) is 0 Å². The summed E-state index contributed by atoms with van der Waals surface area (Å²) in [5, 5.41) is 0. The summed E-state index contributed by atoms with van der Waals surface area (Å²) in [4.78, 5) is 11.3. The Morgan fingerprint density at radius 2 is 1.72 bits per heavy atom. The number of carbonyl (C=O) groups is 1. The predicted molar refractivity (Wildman–Crippen MR) is 83.0 cm³/mol. The standard InChI is InChI=1S/C16H14F3NO4S/c1-24-15(21)14(11-6-3-2-4-7-11)20-25(22,23)13-9-5-8-12(10-13)16(17,18)19/h2-10,14,20H,1H3. The topological polar surface area (TPSA) is 72.5 Å². The zero-order valence-electron chi connectivity index (χ0n) is 12.9. The van der Waals surface area contributed by atoms with Crippen LogP contribution in [0.4, 0.5) is 13.2 Å². The third kappa shape index (κ3) is 4.58. The van der Waals surface area contributed by atoms with Gasteiger partial charge in [-0.2, -0.15) is 17.9 Å². The summed E-state index contributed by atoms with van der Waals surface area (Å²) < 4.78 is 69.9. The zero-order valence-corrected chi connectivity index (χ0v) is 13.8. The highest BCUT2D eigenvalue weighted by Gasteiger charge is 2.33. The lowest BCUT2D eigenvalue weighted by molar-refractivity contribution is -0.142. The largest absolute Gasteiger partial charge is 0.468 e. The molecule has 25 heavy (non-hydrogen) atoms. The third-order valence-electron chi connectivity index (χ3n) is 3.31. The van der Waals surface area contributed by atoms with Gasteiger partial charge in [-0.25, -0.2) is 13.2 Å². The fourth-order valence-electron chi connectivity index (χ4n) is 2.08. The summed E-state index contributed by atoms with van der Waals surface area (Å²) in [6.45, 7) is 0. The van der Waals surface area contributed by atoms with Crippen molar-refractivity contribution >= 4 is 16.0 Å². The molecule has 0 heterocycles. The van der Waals surface area contributed by atoms with Crippen molar-refractivity contribution in [1.29, 1.82) is 0 Å². The number of hydrogen-bond acceptors (Lipinski definition) is 4. The summed E-state index contributed by atoms with van der Waals surface area (Å²) in [5.74, 6) is -0.887. The number of sulfonamides is 1. The van der Waals surface area contributed by atoms with Gasteiger partial charge in [-0.1, -0.05) is 36.4 Å². The van der Waals surface area contributed by atoms with Crippen molar-refractivity contribution in [2.75, 3.05) is 7.11 Å². The van der Waals surface area contributed by atoms with Gasteiger partial charge in [0.15, 0.2) is 0 Å². The number of ether oxygens (including phenoxy) is 1. The second kappa shape index (κ2) is 7.24. The van der Waals surface area contributed by atoms with Gasteiger partial charge in [0.25, 0.3) is 0 Å². The van der Waals surface area contributed by atoms with Crippen molar-refractivity contribution in [3.05, 3.63) is 65.7 Å². The highest BCUT2D eigenvalue weighted by atomic mass is 32.2. The third-order valence-corrected chi connectivity index (χ3v) is 4.73. The summed E-state index contributed by atoms with van der Waals surface area (Å²) >= 11 is 0. The van der Waals surface area contributed by atoms with Crippen molar-refractivity contribution in [3.63, 3.8) is 0 Å². The van der Waals surface area contributed by atoms with Gasteiger partial charge in [-0.3, -0.25) is 0 Å². The van der Waals surface area contributed by atoms with Crippen LogP contribution in [-0.2, 0) is 25.7 Å². The maximum Gasteiger partial charge on any atom is 0.416 e. The van der Waals surface area contributed by atoms with Crippen LogP contribution in [0.3, 0.4) is 0 Å². The molecule has 5 nitrogen and oxygen atoms in total. The highest BCUT2D eigenvalue weighted by molar-refractivity contribution is 7.89. The quantitative estimate of drug-likeness (QED) is 0.818. The first-order chi connectivity index (χ1) is 11.6. The van der Waals surface area contributed by atoms with Gasteiger partial charge < -0.3 is 4.74 Å². The van der Waals surface area contributed by atoms with Gasteiger partial charge in [-0.15, -0.1) is 0 Å². The molecule has 0 amide bonds. The van der Waals surface area contributed by atoms with Crippen LogP contribution in [-0.4, -0.2) is 21.5 Å². The van der Waals surface area contributed by atoms with E-state index in [1.807, 2.05) is 0 Å². The van der Waals surface area contributed by atoms with Crippen LogP contribution in [0.2, 0.25) is 0 Å². The molecule has 2 aromatic rings. The summed E-state index contributed by atoms with van der Waals surface area (Å²) in [6, 6.07) is 9.70. The smallest absolute Gasteiger partial charge is 0.416 e. The minimum atomic E-state index is -4.69. The van der Waals surface area contributed by atoms with Crippen LogP contribution in [0.1, 0.15) is 17.2 Å². The maximum atomic E-state index is 12.8. The van der Waals surface area contributed by atoms with E-state index in [0.29, 0.717) is 11.6 Å². The van der Waals surface area contributed by atoms with E-state index < -0.39 is 38.7 Å². The van der Waals surface area contributed by atoms with Crippen molar-refractivity contribution in [2.24, 2.45) is 0 Å². The summed E-state index contributed by atoms with van der Waals surface area (Å²) in [7, 11) is -3.32. The molecule has 0 fully saturated rings. The van der Waals surface area contributed by atoms with Gasteiger partial charge in [0.05, 0.1) is 17.6 Å². The molecule has 0 radical (unpaired) electrons. The minimum absolute atomic E-state index is 0.296. The Balaban J connectivity index is 2.40. The van der Waals surface area contributed by atoms with Gasteiger partial charge in [-0.05, 0) is 23.8 Å². The molecule has 0 aliphatic rings. The van der Waals surface area contributed by atoms with E-state index in [2.05, 4.69) is 9.46 Å². The number of carbonyl (C=O) groups excluding carboxylic acids is 1. The van der Waals surface area contributed by atoms with E-state index in [1.165, 1.54) is 12.1 Å². The first kappa shape index (κ1) is 18.9. The monoisotopic (exact) mass is 373 g/mol. The molecule has 0 saturated carbocycles. The number of rotatable bonds is 5. The van der Waals surface area contributed by atoms with E-state index in [1.54, 1.807) is 18.2 Å². The Morgan fingerprint density at radius 3 is 2.28 bits per heavy atom. The fraction of sp³-hybridized carbons (Fsp3) is 0.188. The number of benzene rings is 2. The Bertz CT molecular complexity index is 851. The number of nitrogens with one attached hydrogen (secondary N) is 1. The minimum Gasteiger partial charge on any atom is -0.468 e. The van der Waals surface area contributed by atoms with E-state index in [9.17, 15) is 26.4 Å². The van der Waals surface area contributed by atoms with Crippen LogP contribution >= 0.6 is 0 Å². The van der Waals surface area contributed by atoms with Crippen molar-refractivity contribution in [3.8, 4) is 0 Å². The molecule has 0 aliphatic carbocycles. The van der Waals surface area contributed by atoms with E-state index in [0.717, 1.165) is 25.3 Å². The predicted octanol–water partition coefficient (Wildman–Crippen LogP) is 2.90. The molecule has 2 aromatic carbocycles. The molecular weight excluding hydrogens is 359 g/mol. The lowest BCUT2D eigenvalue weighted by Gasteiger charge is -2.17. The lowest BCUT2D eigenvalue weighted by atomic mass is 10.1. The van der Waals surface area contributed by atoms with E-state index in [4.69, 9.17) is 0 Å². The molecule has 134 valence electrons. The summed E-state index contributed by atoms with van der Waals surface area (Å²) in [5.41, 5.74) is -0.811. The second-order valence-electron chi connectivity index (χ2n) is 5.01. The Hall–Kier alpha value is -2.39. The van der Waals surface area contributed by atoms with Crippen LogP contribution in [0.15, 0.2) is 59.5 Å². The lowest BCUT2D eigenvalue weighted by Crippen LogP contribution is -2.34. The van der Waals surface area contributed by atoms with E-state index in [-0.39, 0.29) is 0 Å². The van der Waals surface area contributed by atoms with Gasteiger partial charge in [0.2, 0.25) is 10.0 Å². The number of alkyl halides is 3. The highest BCUT2D eigenvalue weighted by Crippen LogP contribution is 2.30. The van der Waals surface area contributed by atoms with Gasteiger partial charge >= 0.3 is 12.1 Å². The Labute approximate surface area is 142 Å². The molecule has 2 rings (SSSR count). The van der Waals surface area contributed by atoms with Crippen LogP contribution < -0.4 is 4.72 Å². The molecule has 9 heteroatoms. The average molecular weight is 373 g/mol. The Morgan fingerprint density at radius 1 is 1.08 bits per heavy atom. The second-order valence-corrected chi connectivity index (χ2v) is 6.73. The molecule has 0 aromatic heterocycles. The molecule has 0 bridgehead atoms. The molecule has 1 unspecified atom stereocenters. The number of hydrogen-bond donors (Lipinski definition) is 1. The average Bonchev–Trinajstić information content (AvgIpc) is 2.59. The number of methoxy groups -OCH3 is 1. The van der Waals surface area contributed by atoms with Crippen LogP contribution in [0.25, 0.3) is 0 Å². The zero-order chi connectivity index (χ0) is 18.7. The van der Waals surface area contributed by atoms with Crippen molar-refractivity contribution in [1.82, 2.24) is 4.72 Å². The number of halogens is 3. The molecule has 1 N–H and O–H groups in total. The molecule has 0 aliphatic heterocycles.